The van der Waals surface area contributed by atoms with Crippen molar-refractivity contribution >= 4 is 35.6 Å². The van der Waals surface area contributed by atoms with E-state index in [4.69, 9.17) is 21.7 Å². The van der Waals surface area contributed by atoms with Crippen molar-refractivity contribution in [2.24, 2.45) is 11.5 Å². The highest BCUT2D eigenvalue weighted by Crippen LogP contribution is 2.00. The van der Waals surface area contributed by atoms with Crippen LogP contribution in [0.2, 0.25) is 0 Å². The molecule has 0 rings (SSSR count). The Labute approximate surface area is 165 Å². The number of hydrogen-bond acceptors (Lipinski definition) is 8. The number of aliphatic carboxylic acids is 2. The molecule has 164 valence electrons. The second-order valence-electron chi connectivity index (χ2n) is 6.08. The van der Waals surface area contributed by atoms with Gasteiger partial charge in [0.15, 0.2) is 0 Å². The van der Waals surface area contributed by atoms with Crippen molar-refractivity contribution in [2.75, 3.05) is 6.61 Å². The molecular weight excluding hydrogens is 394 g/mol. The Hall–Kier alpha value is -3.26. The summed E-state index contributed by atoms with van der Waals surface area (Å²) in [5, 5.41) is 33.2. The highest BCUT2D eigenvalue weighted by Gasteiger charge is 2.28. The van der Waals surface area contributed by atoms with Crippen LogP contribution in [0, 0.1) is 0 Å². The third-order valence-electron chi connectivity index (χ3n) is 3.59. The van der Waals surface area contributed by atoms with Crippen LogP contribution in [0.1, 0.15) is 26.2 Å². The molecule has 4 unspecified atom stereocenters. The first-order valence-corrected chi connectivity index (χ1v) is 8.39. The van der Waals surface area contributed by atoms with E-state index in [2.05, 4.69) is 10.6 Å². The fraction of sp³-hybridized carbons (Fsp3) is 0.600. The van der Waals surface area contributed by atoms with Gasteiger partial charge in [-0.05, 0) is 13.3 Å². The fourth-order valence-corrected chi connectivity index (χ4v) is 1.98. The minimum absolute atomic E-state index is 0.410. The van der Waals surface area contributed by atoms with Gasteiger partial charge in [0.05, 0.1) is 19.1 Å². The molecule has 10 N–H and O–H groups in total. The number of carboxylic acids is 2. The molecule has 0 aromatic heterocycles. The van der Waals surface area contributed by atoms with E-state index in [0.717, 1.165) is 0 Å². The highest BCUT2D eigenvalue weighted by atomic mass is 16.4. The molecule has 0 heterocycles. The van der Waals surface area contributed by atoms with E-state index in [9.17, 15) is 33.9 Å². The number of carbonyl (C=O) groups is 6. The van der Waals surface area contributed by atoms with Crippen molar-refractivity contribution < 1.29 is 44.1 Å². The molecule has 14 nitrogen and oxygen atoms in total. The van der Waals surface area contributed by atoms with E-state index in [1.54, 1.807) is 0 Å². The summed E-state index contributed by atoms with van der Waals surface area (Å²) >= 11 is 0. The number of carboxylic acid groups (broad SMARTS) is 2. The third kappa shape index (κ3) is 10.0. The third-order valence-corrected chi connectivity index (χ3v) is 3.59. The molecule has 0 bridgehead atoms. The molecule has 29 heavy (non-hydrogen) atoms. The first-order chi connectivity index (χ1) is 13.4. The summed E-state index contributed by atoms with van der Waals surface area (Å²) in [6, 6.07) is -5.61. The van der Waals surface area contributed by atoms with Gasteiger partial charge in [-0.3, -0.25) is 24.0 Å². The zero-order valence-corrected chi connectivity index (χ0v) is 15.6. The van der Waals surface area contributed by atoms with Gasteiger partial charge in [-0.25, -0.2) is 4.79 Å². The van der Waals surface area contributed by atoms with Gasteiger partial charge in [0, 0.05) is 6.42 Å². The van der Waals surface area contributed by atoms with Crippen LogP contribution in [0.3, 0.4) is 0 Å². The molecule has 4 amide bonds. The number of nitrogens with one attached hydrogen (secondary N) is 3. The van der Waals surface area contributed by atoms with Crippen LogP contribution >= 0.6 is 0 Å². The van der Waals surface area contributed by atoms with Crippen LogP contribution in [0.5, 0.6) is 0 Å². The quantitative estimate of drug-likeness (QED) is 0.142. The fourth-order valence-electron chi connectivity index (χ4n) is 1.98. The second-order valence-corrected chi connectivity index (χ2v) is 6.08. The minimum atomic E-state index is -1.56. The van der Waals surface area contributed by atoms with E-state index in [1.165, 1.54) is 6.92 Å². The Morgan fingerprint density at radius 1 is 0.897 bits per heavy atom. The van der Waals surface area contributed by atoms with Crippen LogP contribution in [0.25, 0.3) is 0 Å². The molecule has 0 aromatic carbocycles. The molecule has 0 aromatic rings. The Bertz CT molecular complexity index is 654. The number of aliphatic hydroxyl groups excluding tert-OH is 1. The Balaban J connectivity index is 4.84. The lowest BCUT2D eigenvalue weighted by Gasteiger charge is -2.22. The van der Waals surface area contributed by atoms with Crippen LogP contribution in [0.4, 0.5) is 0 Å². The summed E-state index contributed by atoms with van der Waals surface area (Å²) in [4.78, 5) is 68.3. The molecule has 0 spiro atoms. The average Bonchev–Trinajstić information content (AvgIpc) is 2.61. The van der Waals surface area contributed by atoms with Crippen molar-refractivity contribution in [1.82, 2.24) is 16.0 Å². The maximum absolute atomic E-state index is 12.1. The summed E-state index contributed by atoms with van der Waals surface area (Å²) in [5.41, 5.74) is 10.3. The van der Waals surface area contributed by atoms with Gasteiger partial charge in [-0.1, -0.05) is 0 Å². The van der Waals surface area contributed by atoms with Crippen molar-refractivity contribution in [1.29, 1.82) is 0 Å². The molecule has 4 atom stereocenters. The predicted octanol–water partition coefficient (Wildman–Crippen LogP) is -4.39. The van der Waals surface area contributed by atoms with Gasteiger partial charge in [0.2, 0.25) is 23.6 Å². The molecular formula is C15H25N5O9. The largest absolute Gasteiger partial charge is 0.481 e. The lowest BCUT2D eigenvalue weighted by molar-refractivity contribution is -0.143. The SMILES string of the molecule is CC(NC(=O)C(N)CC(N)=O)C(=O)NC(CO)C(=O)NC(CCC(=O)O)C(=O)O. The molecule has 0 saturated heterocycles. The van der Waals surface area contributed by atoms with Crippen molar-refractivity contribution in [3.63, 3.8) is 0 Å². The zero-order valence-electron chi connectivity index (χ0n) is 15.6. The predicted molar refractivity (Wildman–Crippen MR) is 94.8 cm³/mol. The number of nitrogens with two attached hydrogens (primary N) is 2. The van der Waals surface area contributed by atoms with Gasteiger partial charge in [0.25, 0.3) is 0 Å². The first kappa shape index (κ1) is 25.7. The van der Waals surface area contributed by atoms with Gasteiger partial charge in [0.1, 0.15) is 18.1 Å². The standard InChI is InChI=1S/C15H25N5O9/c1-6(18-13(26)7(16)4-10(17)22)12(25)20-9(5-21)14(27)19-8(15(28)29)2-3-11(23)24/h6-9,21H,2-5,16H2,1H3,(H2,17,22)(H,18,26)(H,19,27)(H,20,25)(H,23,24)(H,28,29). The smallest absolute Gasteiger partial charge is 0.326 e. The second kappa shape index (κ2) is 12.2. The van der Waals surface area contributed by atoms with E-state index in [1.807, 2.05) is 5.32 Å². The molecule has 0 radical (unpaired) electrons. The lowest BCUT2D eigenvalue weighted by Crippen LogP contribution is -2.57. The van der Waals surface area contributed by atoms with E-state index in [0.29, 0.717) is 0 Å². The number of hydrogen-bond donors (Lipinski definition) is 8. The topological polar surface area (TPSA) is 251 Å². The molecule has 0 aliphatic carbocycles. The maximum atomic E-state index is 12.1. The van der Waals surface area contributed by atoms with Crippen LogP contribution in [0.15, 0.2) is 0 Å². The van der Waals surface area contributed by atoms with Gasteiger partial charge in [-0.15, -0.1) is 0 Å². The molecule has 0 aliphatic rings. The summed E-state index contributed by atoms with van der Waals surface area (Å²) in [7, 11) is 0. The summed E-state index contributed by atoms with van der Waals surface area (Å²) < 4.78 is 0. The van der Waals surface area contributed by atoms with Crippen molar-refractivity contribution in [2.45, 2.75) is 50.4 Å². The number of carbonyl (C=O) groups excluding carboxylic acids is 4. The zero-order chi connectivity index (χ0) is 22.7. The number of amides is 4. The van der Waals surface area contributed by atoms with Gasteiger partial charge < -0.3 is 42.7 Å². The molecule has 14 heteroatoms. The average molecular weight is 419 g/mol. The Morgan fingerprint density at radius 2 is 1.45 bits per heavy atom. The normalized spacial score (nSPS) is 14.6. The lowest BCUT2D eigenvalue weighted by atomic mass is 10.1. The van der Waals surface area contributed by atoms with Gasteiger partial charge >= 0.3 is 11.9 Å². The number of rotatable bonds is 13. The van der Waals surface area contributed by atoms with E-state index in [-0.39, 0.29) is 0 Å². The van der Waals surface area contributed by atoms with E-state index < -0.39 is 85.6 Å². The summed E-state index contributed by atoms with van der Waals surface area (Å²) in [6.45, 7) is 0.341. The Kier molecular flexibility index (Phi) is 10.9. The maximum Gasteiger partial charge on any atom is 0.326 e. The Morgan fingerprint density at radius 3 is 1.90 bits per heavy atom. The highest BCUT2D eigenvalue weighted by molar-refractivity contribution is 5.94. The molecule has 0 fully saturated rings. The van der Waals surface area contributed by atoms with Gasteiger partial charge in [-0.2, -0.15) is 0 Å². The van der Waals surface area contributed by atoms with Crippen molar-refractivity contribution in [3.05, 3.63) is 0 Å². The van der Waals surface area contributed by atoms with E-state index >= 15 is 0 Å². The number of aliphatic hydroxyl groups is 1. The number of primary amides is 1. The van der Waals surface area contributed by atoms with Crippen LogP contribution < -0.4 is 27.4 Å². The molecule has 0 saturated carbocycles. The summed E-state index contributed by atoms with van der Waals surface area (Å²) in [5.74, 6) is -6.41. The monoisotopic (exact) mass is 419 g/mol. The first-order valence-electron chi connectivity index (χ1n) is 8.39. The molecule has 0 aliphatic heterocycles. The minimum Gasteiger partial charge on any atom is -0.481 e. The van der Waals surface area contributed by atoms with Crippen LogP contribution in [-0.2, 0) is 28.8 Å². The van der Waals surface area contributed by atoms with Crippen molar-refractivity contribution in [3.8, 4) is 0 Å². The van der Waals surface area contributed by atoms with Crippen LogP contribution in [-0.4, -0.2) is 81.7 Å². The summed E-state index contributed by atoms with van der Waals surface area (Å²) in [6.07, 6.45) is -1.39.